The maximum atomic E-state index is 10.4. The van der Waals surface area contributed by atoms with Crippen LogP contribution in [-0.2, 0) is 4.79 Å². The fraction of sp³-hybridized carbons (Fsp3) is 0.417. The fourth-order valence-corrected chi connectivity index (χ4v) is 1.98. The van der Waals surface area contributed by atoms with E-state index in [0.717, 1.165) is 38.2 Å². The second kappa shape index (κ2) is 4.99. The molecule has 1 saturated heterocycles. The van der Waals surface area contributed by atoms with E-state index in [1.165, 1.54) is 5.69 Å². The van der Waals surface area contributed by atoms with Gasteiger partial charge in [-0.25, -0.2) is 0 Å². The van der Waals surface area contributed by atoms with Crippen molar-refractivity contribution in [1.82, 2.24) is 4.90 Å². The molecule has 4 nitrogen and oxygen atoms in total. The third-order valence-electron chi connectivity index (χ3n) is 2.96. The van der Waals surface area contributed by atoms with E-state index in [9.17, 15) is 4.79 Å². The first-order valence-corrected chi connectivity index (χ1v) is 5.56. The molecule has 1 aliphatic heterocycles. The van der Waals surface area contributed by atoms with E-state index in [2.05, 4.69) is 9.80 Å². The van der Waals surface area contributed by atoms with Gasteiger partial charge in [0.25, 0.3) is 0 Å². The molecule has 16 heavy (non-hydrogen) atoms. The van der Waals surface area contributed by atoms with E-state index >= 15 is 0 Å². The molecule has 1 aromatic rings. The number of nitrogen functional groups attached to an aromatic ring is 1. The molecule has 2 N–H and O–H groups in total. The SMILES string of the molecule is Nc1ccc(N2CCN(CC=O)CC2)cc1. The highest BCUT2D eigenvalue weighted by molar-refractivity contribution is 5.54. The molecule has 2 rings (SSSR count). The normalized spacial score (nSPS) is 17.4. The van der Waals surface area contributed by atoms with Gasteiger partial charge in [0.1, 0.15) is 6.29 Å². The molecule has 4 heteroatoms. The highest BCUT2D eigenvalue weighted by Crippen LogP contribution is 2.17. The van der Waals surface area contributed by atoms with E-state index in [0.29, 0.717) is 6.54 Å². The first-order chi connectivity index (χ1) is 7.79. The maximum absolute atomic E-state index is 10.4. The topological polar surface area (TPSA) is 49.6 Å². The molecule has 0 radical (unpaired) electrons. The van der Waals surface area contributed by atoms with Crippen LogP contribution in [0.3, 0.4) is 0 Å². The number of carbonyl (C=O) groups is 1. The zero-order valence-electron chi connectivity index (χ0n) is 9.30. The number of hydrogen-bond donors (Lipinski definition) is 1. The molecule has 0 bridgehead atoms. The van der Waals surface area contributed by atoms with Crippen molar-refractivity contribution in [2.75, 3.05) is 43.4 Å². The molecule has 0 unspecified atom stereocenters. The summed E-state index contributed by atoms with van der Waals surface area (Å²) in [6.07, 6.45) is 0.971. The predicted molar refractivity (Wildman–Crippen MR) is 65.6 cm³/mol. The van der Waals surface area contributed by atoms with E-state index in [1.54, 1.807) is 0 Å². The summed E-state index contributed by atoms with van der Waals surface area (Å²) in [5.41, 5.74) is 7.66. The number of nitrogens with zero attached hydrogens (tertiary/aromatic N) is 2. The second-order valence-electron chi connectivity index (χ2n) is 4.05. The fourth-order valence-electron chi connectivity index (χ4n) is 1.98. The van der Waals surface area contributed by atoms with Gasteiger partial charge in [-0.3, -0.25) is 4.90 Å². The molecular formula is C12H17N3O. The summed E-state index contributed by atoms with van der Waals surface area (Å²) in [7, 11) is 0. The molecule has 0 aliphatic carbocycles. The monoisotopic (exact) mass is 219 g/mol. The van der Waals surface area contributed by atoms with Crippen LogP contribution in [-0.4, -0.2) is 43.9 Å². The minimum absolute atomic E-state index is 0.551. The number of carbonyl (C=O) groups excluding carboxylic acids is 1. The lowest BCUT2D eigenvalue weighted by atomic mass is 10.2. The highest BCUT2D eigenvalue weighted by Gasteiger charge is 2.16. The predicted octanol–water partition coefficient (Wildman–Crippen LogP) is 0.590. The summed E-state index contributed by atoms with van der Waals surface area (Å²) in [5, 5.41) is 0. The average Bonchev–Trinajstić information content (AvgIpc) is 2.32. The van der Waals surface area contributed by atoms with Crippen molar-refractivity contribution >= 4 is 17.7 Å². The van der Waals surface area contributed by atoms with Crippen LogP contribution in [0.15, 0.2) is 24.3 Å². The molecule has 0 atom stereocenters. The maximum Gasteiger partial charge on any atom is 0.133 e. The Morgan fingerprint density at radius 2 is 1.75 bits per heavy atom. The molecule has 1 fully saturated rings. The van der Waals surface area contributed by atoms with E-state index in [4.69, 9.17) is 5.73 Å². The summed E-state index contributed by atoms with van der Waals surface area (Å²) in [6.45, 7) is 4.39. The standard InChI is InChI=1S/C12H17N3O/c13-11-1-3-12(4-2-11)15-7-5-14(6-8-15)9-10-16/h1-4,10H,5-9,13H2. The summed E-state index contributed by atoms with van der Waals surface area (Å²) in [5.74, 6) is 0. The van der Waals surface area contributed by atoms with E-state index in [-0.39, 0.29) is 0 Å². The lowest BCUT2D eigenvalue weighted by molar-refractivity contribution is -0.108. The van der Waals surface area contributed by atoms with Gasteiger partial charge in [-0.15, -0.1) is 0 Å². The number of rotatable bonds is 3. The summed E-state index contributed by atoms with van der Waals surface area (Å²) < 4.78 is 0. The Bertz CT molecular complexity index is 342. The molecular weight excluding hydrogens is 202 g/mol. The minimum atomic E-state index is 0.551. The molecule has 0 aromatic heterocycles. The van der Waals surface area contributed by atoms with Crippen LogP contribution in [0.4, 0.5) is 11.4 Å². The van der Waals surface area contributed by atoms with Crippen LogP contribution >= 0.6 is 0 Å². The molecule has 86 valence electrons. The van der Waals surface area contributed by atoms with Crippen LogP contribution in [0, 0.1) is 0 Å². The van der Waals surface area contributed by atoms with Crippen molar-refractivity contribution < 1.29 is 4.79 Å². The number of nitrogens with two attached hydrogens (primary N) is 1. The van der Waals surface area contributed by atoms with Crippen LogP contribution in [0.5, 0.6) is 0 Å². The quantitative estimate of drug-likeness (QED) is 0.597. The molecule has 1 aromatic carbocycles. The summed E-state index contributed by atoms with van der Waals surface area (Å²) >= 11 is 0. The first kappa shape index (κ1) is 11.0. The molecule has 0 saturated carbocycles. The lowest BCUT2D eigenvalue weighted by Gasteiger charge is -2.35. The third kappa shape index (κ3) is 2.52. The molecule has 0 spiro atoms. The van der Waals surface area contributed by atoms with Crippen molar-refractivity contribution in [2.24, 2.45) is 0 Å². The van der Waals surface area contributed by atoms with Crippen LogP contribution < -0.4 is 10.6 Å². The smallest absolute Gasteiger partial charge is 0.133 e. The van der Waals surface area contributed by atoms with Gasteiger partial charge in [-0.2, -0.15) is 0 Å². The number of benzene rings is 1. The van der Waals surface area contributed by atoms with Gasteiger partial charge in [0.2, 0.25) is 0 Å². The summed E-state index contributed by atoms with van der Waals surface area (Å²) in [6, 6.07) is 7.94. The van der Waals surface area contributed by atoms with E-state index < -0.39 is 0 Å². The zero-order valence-corrected chi connectivity index (χ0v) is 9.30. The highest BCUT2D eigenvalue weighted by atomic mass is 16.1. The van der Waals surface area contributed by atoms with Gasteiger partial charge in [0.15, 0.2) is 0 Å². The van der Waals surface area contributed by atoms with Gasteiger partial charge in [-0.1, -0.05) is 0 Å². The Morgan fingerprint density at radius 3 is 2.31 bits per heavy atom. The van der Waals surface area contributed by atoms with Crippen molar-refractivity contribution in [3.05, 3.63) is 24.3 Å². The minimum Gasteiger partial charge on any atom is -0.399 e. The second-order valence-corrected chi connectivity index (χ2v) is 4.05. The van der Waals surface area contributed by atoms with Gasteiger partial charge in [0.05, 0.1) is 6.54 Å². The first-order valence-electron chi connectivity index (χ1n) is 5.56. The Labute approximate surface area is 95.6 Å². The van der Waals surface area contributed by atoms with Crippen LogP contribution in [0.2, 0.25) is 0 Å². The van der Waals surface area contributed by atoms with Gasteiger partial charge in [-0.05, 0) is 24.3 Å². The van der Waals surface area contributed by atoms with Gasteiger partial charge in [0, 0.05) is 37.6 Å². The number of piperazine rings is 1. The number of hydrogen-bond acceptors (Lipinski definition) is 4. The molecule has 1 heterocycles. The summed E-state index contributed by atoms with van der Waals surface area (Å²) in [4.78, 5) is 14.9. The molecule has 0 amide bonds. The Morgan fingerprint density at radius 1 is 1.12 bits per heavy atom. The third-order valence-corrected chi connectivity index (χ3v) is 2.96. The Hall–Kier alpha value is -1.55. The average molecular weight is 219 g/mol. The van der Waals surface area contributed by atoms with Crippen molar-refractivity contribution in [3.63, 3.8) is 0 Å². The lowest BCUT2D eigenvalue weighted by Crippen LogP contribution is -2.46. The van der Waals surface area contributed by atoms with Crippen LogP contribution in [0.1, 0.15) is 0 Å². The number of anilines is 2. The molecule has 1 aliphatic rings. The largest absolute Gasteiger partial charge is 0.399 e. The number of aldehydes is 1. The van der Waals surface area contributed by atoms with Crippen LogP contribution in [0.25, 0.3) is 0 Å². The zero-order chi connectivity index (χ0) is 11.4. The van der Waals surface area contributed by atoms with Crippen molar-refractivity contribution in [1.29, 1.82) is 0 Å². The van der Waals surface area contributed by atoms with Gasteiger partial charge >= 0.3 is 0 Å². The van der Waals surface area contributed by atoms with Gasteiger partial charge < -0.3 is 15.4 Å². The van der Waals surface area contributed by atoms with E-state index in [1.807, 2.05) is 24.3 Å². The Kier molecular flexibility index (Phi) is 3.41. The van der Waals surface area contributed by atoms with Crippen molar-refractivity contribution in [3.8, 4) is 0 Å². The van der Waals surface area contributed by atoms with Crippen molar-refractivity contribution in [2.45, 2.75) is 0 Å². The Balaban J connectivity index is 1.93.